The standard InChI is InChI=1S/C27H39NO3S/c1-18-9-11-20(12-10-18)25(29)28(21-13-15-27(2,3)16-14-21)22-17-23(32-24(22)26(30)31)19-7-5-4-6-8-19/h7,17-18,20-21H,4-6,8-16H2,1-3H3,(H,30,31)/t18-,20-. The smallest absolute Gasteiger partial charge is 0.348 e. The van der Waals surface area contributed by atoms with E-state index >= 15 is 0 Å². The Balaban J connectivity index is 1.70. The van der Waals surface area contributed by atoms with Crippen molar-refractivity contribution in [3.8, 4) is 0 Å². The number of carbonyl (C=O) groups is 2. The average Bonchev–Trinajstić information content (AvgIpc) is 3.21. The topological polar surface area (TPSA) is 57.6 Å². The number of anilines is 1. The van der Waals surface area contributed by atoms with Crippen LogP contribution < -0.4 is 4.90 Å². The Morgan fingerprint density at radius 2 is 1.75 bits per heavy atom. The fraction of sp³-hybridized carbons (Fsp3) is 0.704. The number of hydrogen-bond donors (Lipinski definition) is 1. The lowest BCUT2D eigenvalue weighted by atomic mass is 9.74. The molecule has 2 fully saturated rings. The minimum absolute atomic E-state index is 0.0278. The lowest BCUT2D eigenvalue weighted by Crippen LogP contribution is -2.47. The van der Waals surface area contributed by atoms with E-state index in [0.29, 0.717) is 21.9 Å². The Labute approximate surface area is 197 Å². The van der Waals surface area contributed by atoms with Crippen LogP contribution in [0.2, 0.25) is 0 Å². The van der Waals surface area contributed by atoms with E-state index in [9.17, 15) is 14.7 Å². The van der Waals surface area contributed by atoms with Crippen molar-refractivity contribution in [2.24, 2.45) is 17.3 Å². The van der Waals surface area contributed by atoms with Gasteiger partial charge in [0.15, 0.2) is 0 Å². The van der Waals surface area contributed by atoms with E-state index in [1.807, 2.05) is 11.0 Å². The highest BCUT2D eigenvalue weighted by atomic mass is 32.1. The maximum Gasteiger partial charge on any atom is 0.348 e. The first-order chi connectivity index (χ1) is 15.2. The molecule has 0 aromatic carbocycles. The van der Waals surface area contributed by atoms with E-state index < -0.39 is 5.97 Å². The number of rotatable bonds is 5. The van der Waals surface area contributed by atoms with Crippen LogP contribution in [0.5, 0.6) is 0 Å². The van der Waals surface area contributed by atoms with Gasteiger partial charge in [-0.2, -0.15) is 0 Å². The third-order valence-electron chi connectivity index (χ3n) is 8.05. The second kappa shape index (κ2) is 9.70. The number of carboxylic acid groups (broad SMARTS) is 1. The third-order valence-corrected chi connectivity index (χ3v) is 9.24. The zero-order chi connectivity index (χ0) is 22.9. The molecule has 2 saturated carbocycles. The molecule has 32 heavy (non-hydrogen) atoms. The molecule has 0 unspecified atom stereocenters. The van der Waals surface area contributed by atoms with E-state index in [-0.39, 0.29) is 17.9 Å². The Kier molecular flexibility index (Phi) is 7.14. The van der Waals surface area contributed by atoms with Gasteiger partial charge in [-0.1, -0.05) is 26.8 Å². The van der Waals surface area contributed by atoms with E-state index in [2.05, 4.69) is 26.8 Å². The largest absolute Gasteiger partial charge is 0.477 e. The Morgan fingerprint density at radius 3 is 2.34 bits per heavy atom. The molecule has 1 aromatic rings. The summed E-state index contributed by atoms with van der Waals surface area (Å²) in [6.45, 7) is 6.88. The zero-order valence-corrected chi connectivity index (χ0v) is 20.8. The summed E-state index contributed by atoms with van der Waals surface area (Å²) in [5.41, 5.74) is 2.23. The van der Waals surface area contributed by atoms with E-state index in [4.69, 9.17) is 0 Å². The van der Waals surface area contributed by atoms with Gasteiger partial charge in [-0.15, -0.1) is 11.3 Å². The average molecular weight is 458 g/mol. The van der Waals surface area contributed by atoms with E-state index in [0.717, 1.165) is 75.5 Å². The summed E-state index contributed by atoms with van der Waals surface area (Å²) in [7, 11) is 0. The fourth-order valence-electron chi connectivity index (χ4n) is 5.78. The zero-order valence-electron chi connectivity index (χ0n) is 20.0. The lowest BCUT2D eigenvalue weighted by Gasteiger charge is -2.42. The van der Waals surface area contributed by atoms with Crippen LogP contribution in [-0.2, 0) is 4.79 Å². The van der Waals surface area contributed by atoms with Crippen LogP contribution in [0.4, 0.5) is 5.69 Å². The summed E-state index contributed by atoms with van der Waals surface area (Å²) in [6.07, 6.45) is 14.8. The van der Waals surface area contributed by atoms with Crippen molar-refractivity contribution in [2.75, 3.05) is 4.90 Å². The Morgan fingerprint density at radius 1 is 1.06 bits per heavy atom. The van der Waals surface area contributed by atoms with E-state index in [1.165, 1.54) is 23.3 Å². The Bertz CT molecular complexity index is 865. The molecule has 1 heterocycles. The first kappa shape index (κ1) is 23.5. The van der Waals surface area contributed by atoms with Gasteiger partial charge < -0.3 is 10.0 Å². The van der Waals surface area contributed by atoms with Gasteiger partial charge in [0.2, 0.25) is 5.91 Å². The van der Waals surface area contributed by atoms with Crippen molar-refractivity contribution in [3.05, 3.63) is 21.9 Å². The molecule has 5 heteroatoms. The number of aromatic carboxylic acids is 1. The quantitative estimate of drug-likeness (QED) is 0.497. The number of nitrogens with zero attached hydrogens (tertiary/aromatic N) is 1. The van der Waals surface area contributed by atoms with Crippen molar-refractivity contribution in [2.45, 2.75) is 104 Å². The summed E-state index contributed by atoms with van der Waals surface area (Å²) in [4.78, 5) is 29.6. The molecule has 0 bridgehead atoms. The van der Waals surface area contributed by atoms with Crippen molar-refractivity contribution in [1.82, 2.24) is 0 Å². The summed E-state index contributed by atoms with van der Waals surface area (Å²) >= 11 is 1.37. The van der Waals surface area contributed by atoms with Crippen LogP contribution in [0.3, 0.4) is 0 Å². The second-order valence-corrected chi connectivity index (χ2v) is 12.2. The van der Waals surface area contributed by atoms with Gasteiger partial charge >= 0.3 is 5.97 Å². The summed E-state index contributed by atoms with van der Waals surface area (Å²) in [6, 6.07) is 2.14. The van der Waals surface area contributed by atoms with Crippen molar-refractivity contribution in [3.63, 3.8) is 0 Å². The maximum absolute atomic E-state index is 13.9. The van der Waals surface area contributed by atoms with Crippen LogP contribution in [-0.4, -0.2) is 23.0 Å². The minimum atomic E-state index is -0.904. The molecule has 0 spiro atoms. The summed E-state index contributed by atoms with van der Waals surface area (Å²) in [5, 5.41) is 10.1. The van der Waals surface area contributed by atoms with Crippen molar-refractivity contribution >= 4 is 34.5 Å². The first-order valence-corrected chi connectivity index (χ1v) is 13.5. The highest BCUT2D eigenvalue weighted by Gasteiger charge is 2.39. The van der Waals surface area contributed by atoms with Crippen LogP contribution in [0.1, 0.15) is 112 Å². The molecule has 1 aromatic heterocycles. The molecule has 3 aliphatic rings. The molecule has 1 amide bonds. The lowest BCUT2D eigenvalue weighted by molar-refractivity contribution is -0.124. The molecule has 4 rings (SSSR count). The van der Waals surface area contributed by atoms with Crippen LogP contribution >= 0.6 is 11.3 Å². The molecule has 0 atom stereocenters. The molecule has 3 aliphatic carbocycles. The minimum Gasteiger partial charge on any atom is -0.477 e. The van der Waals surface area contributed by atoms with Gasteiger partial charge in [-0.3, -0.25) is 4.79 Å². The summed E-state index contributed by atoms with van der Waals surface area (Å²) in [5.74, 6) is -0.0199. The number of carboxylic acids is 1. The third kappa shape index (κ3) is 5.13. The molecular formula is C27H39NO3S. The predicted octanol–water partition coefficient (Wildman–Crippen LogP) is 7.53. The first-order valence-electron chi connectivity index (χ1n) is 12.6. The van der Waals surface area contributed by atoms with Crippen LogP contribution in [0.15, 0.2) is 12.1 Å². The maximum atomic E-state index is 13.9. The SMILES string of the molecule is CC1(C)CCC(N(c2cc(C3=CCCCC3)sc2C(=O)O)C(=O)[C@H]2CC[C@H](C)CC2)CC1. The molecular weight excluding hydrogens is 418 g/mol. The molecule has 0 aliphatic heterocycles. The number of amides is 1. The van der Waals surface area contributed by atoms with Crippen LogP contribution in [0.25, 0.3) is 5.57 Å². The highest BCUT2D eigenvalue weighted by molar-refractivity contribution is 7.15. The predicted molar refractivity (Wildman–Crippen MR) is 132 cm³/mol. The number of hydrogen-bond acceptors (Lipinski definition) is 3. The van der Waals surface area contributed by atoms with Gasteiger partial charge in [0.1, 0.15) is 4.88 Å². The van der Waals surface area contributed by atoms with Gasteiger partial charge in [-0.25, -0.2) is 4.79 Å². The molecule has 0 saturated heterocycles. The van der Waals surface area contributed by atoms with Gasteiger partial charge in [0.25, 0.3) is 0 Å². The molecule has 1 N–H and O–H groups in total. The second-order valence-electron chi connectivity index (χ2n) is 11.2. The number of thiophene rings is 1. The fourth-order valence-corrected chi connectivity index (χ4v) is 6.83. The van der Waals surface area contributed by atoms with Gasteiger partial charge in [0, 0.05) is 16.8 Å². The monoisotopic (exact) mass is 457 g/mol. The van der Waals surface area contributed by atoms with Crippen LogP contribution in [0, 0.1) is 17.3 Å². The number of carbonyl (C=O) groups excluding carboxylic acids is 1. The summed E-state index contributed by atoms with van der Waals surface area (Å²) < 4.78 is 0. The normalized spacial score (nSPS) is 26.4. The molecule has 0 radical (unpaired) electrons. The highest BCUT2D eigenvalue weighted by Crippen LogP contribution is 2.44. The molecule has 4 nitrogen and oxygen atoms in total. The van der Waals surface area contributed by atoms with Gasteiger partial charge in [-0.05, 0) is 100 Å². The Hall–Kier alpha value is -1.62. The van der Waals surface area contributed by atoms with Crippen molar-refractivity contribution < 1.29 is 14.7 Å². The van der Waals surface area contributed by atoms with E-state index in [1.54, 1.807) is 0 Å². The van der Waals surface area contributed by atoms with Crippen molar-refractivity contribution in [1.29, 1.82) is 0 Å². The van der Waals surface area contributed by atoms with Gasteiger partial charge in [0.05, 0.1) is 5.69 Å². The molecule has 176 valence electrons. The number of allylic oxidation sites excluding steroid dienone is 2.